The Labute approximate surface area is 159 Å². The Morgan fingerprint density at radius 1 is 1.11 bits per heavy atom. The molecular weight excluding hydrogens is 336 g/mol. The highest BCUT2D eigenvalue weighted by atomic mass is 16.2. The second-order valence-electron chi connectivity index (χ2n) is 7.29. The van der Waals surface area contributed by atoms with Crippen molar-refractivity contribution in [1.29, 1.82) is 0 Å². The van der Waals surface area contributed by atoms with Gasteiger partial charge in [-0.25, -0.2) is 9.78 Å². The second-order valence-corrected chi connectivity index (χ2v) is 7.29. The van der Waals surface area contributed by atoms with Gasteiger partial charge in [-0.05, 0) is 68.1 Å². The topological polar surface area (TPSA) is 66.0 Å². The average Bonchev–Trinajstić information content (AvgIpc) is 3.04. The predicted molar refractivity (Wildman–Crippen MR) is 110 cm³/mol. The van der Waals surface area contributed by atoms with Gasteiger partial charge >= 0.3 is 6.03 Å². The van der Waals surface area contributed by atoms with Gasteiger partial charge in [-0.15, -0.1) is 0 Å². The van der Waals surface area contributed by atoms with Gasteiger partial charge < -0.3 is 16.0 Å². The molecule has 27 heavy (non-hydrogen) atoms. The number of aryl methyl sites for hydroxylation is 1. The van der Waals surface area contributed by atoms with Crippen molar-refractivity contribution < 1.29 is 4.79 Å². The van der Waals surface area contributed by atoms with Crippen LogP contribution in [0.1, 0.15) is 37.4 Å². The first kappa shape index (κ1) is 17.3. The molecule has 0 radical (unpaired) electrons. The van der Waals surface area contributed by atoms with E-state index >= 15 is 0 Å². The van der Waals surface area contributed by atoms with Crippen molar-refractivity contribution in [2.24, 2.45) is 0 Å². The Bertz CT molecular complexity index is 983. The third-order valence-electron chi connectivity index (χ3n) is 4.82. The molecule has 0 spiro atoms. The zero-order chi connectivity index (χ0) is 18.8. The number of hydrogen-bond acceptors (Lipinski definition) is 3. The Balaban J connectivity index is 1.50. The molecule has 0 fully saturated rings. The fourth-order valence-electron chi connectivity index (χ4n) is 3.60. The summed E-state index contributed by atoms with van der Waals surface area (Å²) >= 11 is 0. The highest BCUT2D eigenvalue weighted by Crippen LogP contribution is 2.33. The van der Waals surface area contributed by atoms with Crippen LogP contribution >= 0.6 is 0 Å². The van der Waals surface area contributed by atoms with Gasteiger partial charge in [0.25, 0.3) is 0 Å². The predicted octanol–water partition coefficient (Wildman–Crippen LogP) is 4.86. The minimum Gasteiger partial charge on any atom is -0.363 e. The van der Waals surface area contributed by atoms with E-state index in [9.17, 15) is 4.79 Å². The van der Waals surface area contributed by atoms with Crippen LogP contribution in [-0.2, 0) is 6.42 Å². The average molecular weight is 360 g/mol. The van der Waals surface area contributed by atoms with Crippen molar-refractivity contribution in [3.63, 3.8) is 0 Å². The summed E-state index contributed by atoms with van der Waals surface area (Å²) in [4.78, 5) is 16.6. The third kappa shape index (κ3) is 3.87. The second kappa shape index (κ2) is 7.27. The number of benzene rings is 2. The minimum absolute atomic E-state index is 0.0986. The molecule has 0 saturated heterocycles. The maximum Gasteiger partial charge on any atom is 0.319 e. The zero-order valence-electron chi connectivity index (χ0n) is 15.6. The van der Waals surface area contributed by atoms with E-state index in [1.165, 1.54) is 11.1 Å². The number of carbonyl (C=O) groups is 1. The number of carbonyl (C=O) groups excluding carboxylic acids is 1. The van der Waals surface area contributed by atoms with Gasteiger partial charge in [0.05, 0.1) is 11.6 Å². The van der Waals surface area contributed by atoms with Crippen LogP contribution < -0.4 is 16.0 Å². The Morgan fingerprint density at radius 2 is 1.96 bits per heavy atom. The molecule has 1 heterocycles. The summed E-state index contributed by atoms with van der Waals surface area (Å²) in [6.45, 7) is 3.86. The molecule has 1 atom stereocenters. The number of fused-ring (bicyclic) bond motifs is 2. The minimum atomic E-state index is -0.199. The quantitative estimate of drug-likeness (QED) is 0.622. The van der Waals surface area contributed by atoms with E-state index in [0.29, 0.717) is 6.04 Å². The summed E-state index contributed by atoms with van der Waals surface area (Å²) in [6, 6.07) is 18.6. The number of pyridine rings is 1. The van der Waals surface area contributed by atoms with E-state index in [4.69, 9.17) is 4.98 Å². The molecule has 3 N–H and O–H groups in total. The number of nitrogens with one attached hydrogen (secondary N) is 3. The molecule has 5 nitrogen and oxygen atoms in total. The van der Waals surface area contributed by atoms with Gasteiger partial charge in [-0.3, -0.25) is 0 Å². The van der Waals surface area contributed by atoms with Gasteiger partial charge in [0, 0.05) is 17.1 Å². The number of aromatic nitrogens is 1. The lowest BCUT2D eigenvalue weighted by atomic mass is 10.1. The SMILES string of the molecule is CC(C)NC(=O)Nc1ccc2nc(N[C@@H]3CCc4ccccc43)ccc2c1. The molecule has 0 saturated carbocycles. The molecule has 0 aliphatic heterocycles. The van der Waals surface area contributed by atoms with Gasteiger partial charge in [-0.1, -0.05) is 24.3 Å². The Kier molecular flexibility index (Phi) is 4.67. The van der Waals surface area contributed by atoms with Crippen molar-refractivity contribution in [3.05, 3.63) is 65.7 Å². The molecule has 138 valence electrons. The third-order valence-corrected chi connectivity index (χ3v) is 4.82. The monoisotopic (exact) mass is 360 g/mol. The lowest BCUT2D eigenvalue weighted by Crippen LogP contribution is -2.34. The lowest BCUT2D eigenvalue weighted by molar-refractivity contribution is 0.250. The number of urea groups is 1. The summed E-state index contributed by atoms with van der Waals surface area (Å²) in [6.07, 6.45) is 2.20. The molecule has 0 unspecified atom stereocenters. The molecule has 4 rings (SSSR count). The van der Waals surface area contributed by atoms with Crippen LogP contribution in [0.15, 0.2) is 54.6 Å². The van der Waals surface area contributed by atoms with E-state index in [-0.39, 0.29) is 12.1 Å². The molecule has 2 aromatic carbocycles. The van der Waals surface area contributed by atoms with Crippen LogP contribution in [0.25, 0.3) is 10.9 Å². The molecule has 0 bridgehead atoms. The van der Waals surface area contributed by atoms with Crippen LogP contribution in [0.3, 0.4) is 0 Å². The van der Waals surface area contributed by atoms with Crippen molar-refractivity contribution in [2.75, 3.05) is 10.6 Å². The maximum absolute atomic E-state index is 11.9. The first-order chi connectivity index (χ1) is 13.1. The van der Waals surface area contributed by atoms with Crippen LogP contribution in [0, 0.1) is 0 Å². The van der Waals surface area contributed by atoms with Crippen molar-refractivity contribution in [2.45, 2.75) is 38.8 Å². The van der Waals surface area contributed by atoms with Crippen molar-refractivity contribution in [1.82, 2.24) is 10.3 Å². The maximum atomic E-state index is 11.9. The van der Waals surface area contributed by atoms with Crippen molar-refractivity contribution >= 4 is 28.4 Å². The van der Waals surface area contributed by atoms with E-state index in [0.717, 1.165) is 35.2 Å². The standard InChI is InChI=1S/C22H24N4O/c1-14(2)23-22(27)24-17-9-11-19-16(13-17)8-12-21(25-19)26-20-10-7-15-5-3-4-6-18(15)20/h3-6,8-9,11-14,20H,7,10H2,1-2H3,(H,25,26)(H2,23,24,27)/t20-/m1/s1. The Hall–Kier alpha value is -3.08. The van der Waals surface area contributed by atoms with Crippen LogP contribution in [0.4, 0.5) is 16.3 Å². The Morgan fingerprint density at radius 3 is 2.81 bits per heavy atom. The van der Waals surface area contributed by atoms with E-state index in [1.54, 1.807) is 0 Å². The number of nitrogens with zero attached hydrogens (tertiary/aromatic N) is 1. The number of anilines is 2. The fraction of sp³-hybridized carbons (Fsp3) is 0.273. The molecule has 1 aromatic heterocycles. The van der Waals surface area contributed by atoms with E-state index in [2.05, 4.69) is 40.2 Å². The normalized spacial score (nSPS) is 15.6. The smallest absolute Gasteiger partial charge is 0.319 e. The van der Waals surface area contributed by atoms with Crippen LogP contribution in [-0.4, -0.2) is 17.1 Å². The molecule has 5 heteroatoms. The van der Waals surface area contributed by atoms with Gasteiger partial charge in [0.15, 0.2) is 0 Å². The first-order valence-corrected chi connectivity index (χ1v) is 9.41. The van der Waals surface area contributed by atoms with E-state index < -0.39 is 0 Å². The fourth-order valence-corrected chi connectivity index (χ4v) is 3.60. The molecular formula is C22H24N4O. The van der Waals surface area contributed by atoms with Crippen LogP contribution in [0.2, 0.25) is 0 Å². The number of rotatable bonds is 4. The lowest BCUT2D eigenvalue weighted by Gasteiger charge is -2.15. The summed E-state index contributed by atoms with van der Waals surface area (Å²) < 4.78 is 0. The molecule has 1 aliphatic rings. The highest BCUT2D eigenvalue weighted by Gasteiger charge is 2.21. The van der Waals surface area contributed by atoms with Gasteiger partial charge in [0.2, 0.25) is 0 Å². The zero-order valence-corrected chi connectivity index (χ0v) is 15.6. The number of amides is 2. The van der Waals surface area contributed by atoms with Crippen molar-refractivity contribution in [3.8, 4) is 0 Å². The largest absolute Gasteiger partial charge is 0.363 e. The number of hydrogen-bond donors (Lipinski definition) is 3. The first-order valence-electron chi connectivity index (χ1n) is 9.41. The summed E-state index contributed by atoms with van der Waals surface area (Å²) in [7, 11) is 0. The highest BCUT2D eigenvalue weighted by molar-refractivity contribution is 5.93. The summed E-state index contributed by atoms with van der Waals surface area (Å²) in [5.74, 6) is 0.877. The van der Waals surface area contributed by atoms with E-state index in [1.807, 2.05) is 44.2 Å². The molecule has 3 aromatic rings. The molecule has 1 aliphatic carbocycles. The van der Waals surface area contributed by atoms with Gasteiger partial charge in [0.1, 0.15) is 5.82 Å². The summed E-state index contributed by atoms with van der Waals surface area (Å²) in [5, 5.41) is 10.2. The molecule has 2 amide bonds. The van der Waals surface area contributed by atoms with Crippen LogP contribution in [0.5, 0.6) is 0 Å². The summed E-state index contributed by atoms with van der Waals surface area (Å²) in [5.41, 5.74) is 4.45. The van der Waals surface area contributed by atoms with Gasteiger partial charge in [-0.2, -0.15) is 0 Å².